The van der Waals surface area contributed by atoms with Crippen LogP contribution < -0.4 is 5.32 Å². The minimum atomic E-state index is -0.664. The SMILES string of the molecule is CCCCCCCC/C=C\CCCCCCCCCC(=O)OCCCCCCCCCCCCCC/C=C\CCCCCCCCCCCCCCCC(=O)NC(CO)C(O)CCCCCCCCCCCCCCCCCCCC. The van der Waals surface area contributed by atoms with Crippen molar-refractivity contribution in [3.63, 3.8) is 0 Å². The molecule has 0 aliphatic rings. The van der Waals surface area contributed by atoms with Gasteiger partial charge in [0.05, 0.1) is 25.4 Å². The molecule has 6 nitrogen and oxygen atoms in total. The number of amides is 1. The summed E-state index contributed by atoms with van der Waals surface area (Å²) >= 11 is 0. The summed E-state index contributed by atoms with van der Waals surface area (Å²) in [5.74, 6) is -0.0160. The van der Waals surface area contributed by atoms with Gasteiger partial charge in [0.15, 0.2) is 0 Å². The molecule has 0 aliphatic heterocycles. The molecule has 0 rings (SSSR count). The molecule has 0 radical (unpaired) electrons. The summed E-state index contributed by atoms with van der Waals surface area (Å²) in [7, 11) is 0. The summed E-state index contributed by atoms with van der Waals surface area (Å²) in [6.07, 6.45) is 89.5. The number of nitrogens with one attached hydrogen (secondary N) is 1. The van der Waals surface area contributed by atoms with Crippen LogP contribution >= 0.6 is 0 Å². The van der Waals surface area contributed by atoms with Gasteiger partial charge in [0, 0.05) is 12.8 Å². The van der Waals surface area contributed by atoms with Crippen LogP contribution in [-0.2, 0) is 14.3 Å². The number of ether oxygens (including phenoxy) is 1. The molecule has 0 saturated heterocycles. The first-order valence-electron chi connectivity index (χ1n) is 37.1. The third-order valence-electron chi connectivity index (χ3n) is 17.5. The highest BCUT2D eigenvalue weighted by Crippen LogP contribution is 2.19. The molecule has 0 fully saturated rings. The number of unbranched alkanes of at least 4 members (excludes halogenated alkanes) is 55. The summed E-state index contributed by atoms with van der Waals surface area (Å²) in [5.41, 5.74) is 0. The van der Waals surface area contributed by atoms with Gasteiger partial charge in [0.25, 0.3) is 0 Å². The summed E-state index contributed by atoms with van der Waals surface area (Å²) in [4.78, 5) is 24.6. The summed E-state index contributed by atoms with van der Waals surface area (Å²) in [6, 6.07) is -0.541. The highest BCUT2D eigenvalue weighted by Gasteiger charge is 2.20. The molecule has 2 atom stereocenters. The summed E-state index contributed by atoms with van der Waals surface area (Å²) in [5, 5.41) is 23.4. The third-order valence-corrected chi connectivity index (χ3v) is 17.5. The van der Waals surface area contributed by atoms with Gasteiger partial charge >= 0.3 is 5.97 Å². The first-order valence-corrected chi connectivity index (χ1v) is 37.1. The topological polar surface area (TPSA) is 95.9 Å². The molecule has 0 aliphatic carbocycles. The van der Waals surface area contributed by atoms with Crippen LogP contribution in [0, 0.1) is 0 Å². The van der Waals surface area contributed by atoms with Crippen molar-refractivity contribution in [1.29, 1.82) is 0 Å². The number of carbonyl (C=O) groups is 2. The maximum absolute atomic E-state index is 12.5. The lowest BCUT2D eigenvalue weighted by Gasteiger charge is -2.22. The zero-order valence-corrected chi connectivity index (χ0v) is 55.0. The van der Waals surface area contributed by atoms with Gasteiger partial charge in [0.1, 0.15) is 0 Å². The molecule has 2 unspecified atom stereocenters. The monoisotopic (exact) mass is 1140 g/mol. The van der Waals surface area contributed by atoms with Crippen LogP contribution in [0.3, 0.4) is 0 Å². The lowest BCUT2D eigenvalue weighted by Crippen LogP contribution is -2.45. The molecule has 0 aromatic carbocycles. The minimum absolute atomic E-state index is 0.0141. The fraction of sp³-hybridized carbons (Fsp3) is 0.920. The van der Waals surface area contributed by atoms with Crippen molar-refractivity contribution in [2.75, 3.05) is 13.2 Å². The van der Waals surface area contributed by atoms with Gasteiger partial charge in [-0.05, 0) is 77.0 Å². The fourth-order valence-corrected chi connectivity index (χ4v) is 11.8. The molecular formula is C75H145NO5. The Hall–Kier alpha value is -1.66. The molecule has 6 heteroatoms. The number of allylic oxidation sites excluding steroid dienone is 4. The second-order valence-corrected chi connectivity index (χ2v) is 25.6. The van der Waals surface area contributed by atoms with E-state index in [1.807, 2.05) is 0 Å². The number of aliphatic hydroxyl groups is 2. The molecule has 0 bridgehead atoms. The minimum Gasteiger partial charge on any atom is -0.466 e. The predicted molar refractivity (Wildman–Crippen MR) is 356 cm³/mol. The van der Waals surface area contributed by atoms with Gasteiger partial charge in [-0.25, -0.2) is 0 Å². The van der Waals surface area contributed by atoms with Crippen molar-refractivity contribution >= 4 is 11.9 Å². The Morgan fingerprint density at radius 2 is 0.580 bits per heavy atom. The quantitative estimate of drug-likeness (QED) is 0.0320. The van der Waals surface area contributed by atoms with Crippen molar-refractivity contribution < 1.29 is 24.5 Å². The average Bonchev–Trinajstić information content (AvgIpc) is 3.47. The molecule has 0 heterocycles. The molecule has 1 amide bonds. The Morgan fingerprint density at radius 3 is 0.877 bits per heavy atom. The number of aliphatic hydroxyl groups excluding tert-OH is 2. The van der Waals surface area contributed by atoms with Gasteiger partial charge in [-0.15, -0.1) is 0 Å². The van der Waals surface area contributed by atoms with Crippen LogP contribution in [0.2, 0.25) is 0 Å². The van der Waals surface area contributed by atoms with Crippen LogP contribution in [0.1, 0.15) is 418 Å². The van der Waals surface area contributed by atoms with E-state index in [-0.39, 0.29) is 18.5 Å². The van der Waals surface area contributed by atoms with Crippen LogP contribution in [0.5, 0.6) is 0 Å². The number of esters is 1. The van der Waals surface area contributed by atoms with Crippen LogP contribution in [-0.4, -0.2) is 47.4 Å². The zero-order valence-electron chi connectivity index (χ0n) is 55.0. The van der Waals surface area contributed by atoms with Crippen molar-refractivity contribution in [3.05, 3.63) is 24.3 Å². The zero-order chi connectivity index (χ0) is 58.5. The van der Waals surface area contributed by atoms with Gasteiger partial charge in [-0.1, -0.05) is 353 Å². The number of carbonyl (C=O) groups excluding carboxylic acids is 2. The average molecular weight is 1140 g/mol. The van der Waals surface area contributed by atoms with Crippen LogP contribution in [0.25, 0.3) is 0 Å². The summed E-state index contributed by atoms with van der Waals surface area (Å²) in [6.45, 7) is 4.99. The van der Waals surface area contributed by atoms with E-state index >= 15 is 0 Å². The van der Waals surface area contributed by atoms with Crippen molar-refractivity contribution in [3.8, 4) is 0 Å². The summed E-state index contributed by atoms with van der Waals surface area (Å²) < 4.78 is 5.50. The second kappa shape index (κ2) is 70.8. The maximum atomic E-state index is 12.5. The number of rotatable bonds is 70. The number of hydrogen-bond acceptors (Lipinski definition) is 5. The molecule has 0 saturated carbocycles. The van der Waals surface area contributed by atoms with Gasteiger partial charge in [0.2, 0.25) is 5.91 Å². The lowest BCUT2D eigenvalue weighted by atomic mass is 10.0. The van der Waals surface area contributed by atoms with E-state index < -0.39 is 12.1 Å². The molecule has 480 valence electrons. The fourth-order valence-electron chi connectivity index (χ4n) is 11.8. The molecule has 0 spiro atoms. The molecule has 0 aromatic rings. The van der Waals surface area contributed by atoms with Crippen molar-refractivity contribution in [1.82, 2.24) is 5.32 Å². The number of hydrogen-bond donors (Lipinski definition) is 3. The first-order chi connectivity index (χ1) is 40.0. The molecule has 81 heavy (non-hydrogen) atoms. The first kappa shape index (κ1) is 79.3. The Balaban J connectivity index is 3.36. The Bertz CT molecular complexity index is 1270. The highest BCUT2D eigenvalue weighted by atomic mass is 16.5. The molecule has 3 N–H and O–H groups in total. The smallest absolute Gasteiger partial charge is 0.305 e. The standard InChI is InChI=1S/C75H145NO5/c1-3-5-7-9-11-13-15-17-19-21-36-39-43-47-51-55-59-63-67-73(78)72(71-77)76-74(79)68-64-60-56-52-48-44-40-37-33-31-29-27-25-23-22-24-26-28-30-32-34-38-42-46-50-54-58-62-66-70-81-75(80)69-65-61-57-53-49-45-41-35-20-18-16-14-12-10-8-6-4-2/h18,20,22,24,72-73,77-78H,3-17,19,21,23,25-71H2,1-2H3,(H,76,79)/b20-18-,24-22-. The van der Waals surface area contributed by atoms with Crippen molar-refractivity contribution in [2.45, 2.75) is 431 Å². The van der Waals surface area contributed by atoms with Gasteiger partial charge in [-0.2, -0.15) is 0 Å². The maximum Gasteiger partial charge on any atom is 0.305 e. The highest BCUT2D eigenvalue weighted by molar-refractivity contribution is 5.76. The third kappa shape index (κ3) is 67.3. The van der Waals surface area contributed by atoms with Crippen LogP contribution in [0.4, 0.5) is 0 Å². The van der Waals surface area contributed by atoms with E-state index in [9.17, 15) is 19.8 Å². The largest absolute Gasteiger partial charge is 0.466 e. The second-order valence-electron chi connectivity index (χ2n) is 25.6. The Morgan fingerprint density at radius 1 is 0.333 bits per heavy atom. The van der Waals surface area contributed by atoms with E-state index in [0.717, 1.165) is 44.9 Å². The molecular weight excluding hydrogens is 995 g/mol. The van der Waals surface area contributed by atoms with Gasteiger partial charge in [-0.3, -0.25) is 9.59 Å². The van der Waals surface area contributed by atoms with Crippen LogP contribution in [0.15, 0.2) is 24.3 Å². The normalized spacial score (nSPS) is 12.6. The lowest BCUT2D eigenvalue weighted by molar-refractivity contribution is -0.143. The van der Waals surface area contributed by atoms with E-state index in [4.69, 9.17) is 4.74 Å². The Labute approximate surface area is 507 Å². The predicted octanol–water partition coefficient (Wildman–Crippen LogP) is 24.1. The van der Waals surface area contributed by atoms with E-state index in [1.54, 1.807) is 0 Å². The van der Waals surface area contributed by atoms with E-state index in [1.165, 1.54) is 340 Å². The molecule has 0 aromatic heterocycles. The van der Waals surface area contributed by atoms with E-state index in [2.05, 4.69) is 43.5 Å². The van der Waals surface area contributed by atoms with E-state index in [0.29, 0.717) is 25.9 Å². The Kier molecular flexibility index (Phi) is 69.4. The van der Waals surface area contributed by atoms with Gasteiger partial charge < -0.3 is 20.3 Å². The van der Waals surface area contributed by atoms with Crippen molar-refractivity contribution in [2.24, 2.45) is 0 Å².